The van der Waals surface area contributed by atoms with E-state index in [1.165, 1.54) is 48.1 Å². The first-order valence-electron chi connectivity index (χ1n) is 10.5. The monoisotopic (exact) mass is 496 g/mol. The van der Waals surface area contributed by atoms with Crippen LogP contribution in [0.1, 0.15) is 29.8 Å². The highest BCUT2D eigenvalue weighted by Gasteiger charge is 2.39. The highest BCUT2D eigenvalue weighted by atomic mass is 19.4. The lowest BCUT2D eigenvalue weighted by Gasteiger charge is -2.39. The summed E-state index contributed by atoms with van der Waals surface area (Å²) in [6.45, 7) is 4.30. The molecule has 1 saturated heterocycles. The minimum absolute atomic E-state index is 0.0103. The molecule has 1 aromatic rings. The molecule has 10 nitrogen and oxygen atoms in total. The van der Waals surface area contributed by atoms with Crippen LogP contribution in [0.2, 0.25) is 0 Å². The Morgan fingerprint density at radius 1 is 1.23 bits per heavy atom. The van der Waals surface area contributed by atoms with Gasteiger partial charge in [0.25, 0.3) is 5.91 Å². The van der Waals surface area contributed by atoms with E-state index in [0.717, 1.165) is 0 Å². The molecule has 1 heterocycles. The summed E-state index contributed by atoms with van der Waals surface area (Å²) in [7, 11) is 0. The van der Waals surface area contributed by atoms with Gasteiger partial charge in [-0.1, -0.05) is 12.1 Å². The van der Waals surface area contributed by atoms with Crippen LogP contribution in [0.3, 0.4) is 0 Å². The van der Waals surface area contributed by atoms with Gasteiger partial charge in [-0.05, 0) is 38.3 Å². The number of nitrogens with zero attached hydrogens (tertiary/aromatic N) is 2. The van der Waals surface area contributed by atoms with E-state index in [0.29, 0.717) is 13.2 Å². The molecule has 1 aromatic carbocycles. The van der Waals surface area contributed by atoms with Gasteiger partial charge in [0, 0.05) is 30.4 Å². The summed E-state index contributed by atoms with van der Waals surface area (Å²) in [6.07, 6.45) is -0.880. The fourth-order valence-corrected chi connectivity index (χ4v) is 3.13. The highest BCUT2D eigenvalue weighted by molar-refractivity contribution is 6.08. The van der Waals surface area contributed by atoms with E-state index in [-0.39, 0.29) is 30.2 Å². The minimum Gasteiger partial charge on any atom is -0.405 e. The first-order chi connectivity index (χ1) is 16.4. The molecule has 0 aliphatic carbocycles. The summed E-state index contributed by atoms with van der Waals surface area (Å²) >= 11 is 0. The van der Waals surface area contributed by atoms with Crippen LogP contribution in [0.5, 0.6) is 0 Å². The van der Waals surface area contributed by atoms with E-state index >= 15 is 0 Å². The number of benzene rings is 1. The second kappa shape index (κ2) is 11.6. The maximum Gasteiger partial charge on any atom is 0.471 e. The number of ether oxygens (including phenoxy) is 1. The molecule has 0 radical (unpaired) electrons. The molecule has 5 N–H and O–H groups in total. The molecule has 2 rings (SSSR count). The van der Waals surface area contributed by atoms with Crippen molar-refractivity contribution in [3.8, 4) is 0 Å². The van der Waals surface area contributed by atoms with Gasteiger partial charge in [0.1, 0.15) is 11.4 Å². The van der Waals surface area contributed by atoms with Crippen LogP contribution in [0.25, 0.3) is 0 Å². The number of amidine groups is 1. The van der Waals surface area contributed by atoms with Gasteiger partial charge < -0.3 is 26.0 Å². The third kappa shape index (κ3) is 7.64. The van der Waals surface area contributed by atoms with Gasteiger partial charge in [0.05, 0.1) is 19.3 Å². The first kappa shape index (κ1) is 27.5. The number of amides is 3. The Hall–Kier alpha value is -3.74. The maximum absolute atomic E-state index is 13.0. The van der Waals surface area contributed by atoms with E-state index in [9.17, 15) is 27.6 Å². The van der Waals surface area contributed by atoms with Gasteiger partial charge in [-0.2, -0.15) is 13.2 Å². The minimum atomic E-state index is -5.12. The maximum atomic E-state index is 13.0. The lowest BCUT2D eigenvalue weighted by Crippen LogP contribution is -2.57. The third-order valence-corrected chi connectivity index (χ3v) is 5.04. The molecule has 0 saturated carbocycles. The van der Waals surface area contributed by atoms with Gasteiger partial charge in [-0.25, -0.2) is 0 Å². The number of nitrogens with two attached hydrogens (primary N) is 1. The third-order valence-electron chi connectivity index (χ3n) is 5.04. The van der Waals surface area contributed by atoms with Gasteiger partial charge in [-0.15, -0.1) is 0 Å². The molecule has 13 heteroatoms. The fraction of sp³-hybridized carbons (Fsp3) is 0.409. The quantitative estimate of drug-likeness (QED) is 0.328. The molecule has 35 heavy (non-hydrogen) atoms. The molecular weight excluding hydrogens is 469 g/mol. The van der Waals surface area contributed by atoms with E-state index < -0.39 is 35.4 Å². The Morgan fingerprint density at radius 2 is 1.86 bits per heavy atom. The van der Waals surface area contributed by atoms with Crippen LogP contribution in [0, 0.1) is 5.41 Å². The van der Waals surface area contributed by atoms with Crippen LogP contribution in [-0.4, -0.2) is 78.7 Å². The Labute approximate surface area is 199 Å². The van der Waals surface area contributed by atoms with E-state index in [1.807, 2.05) is 0 Å². The molecule has 3 amide bonds. The number of alkyl halides is 3. The zero-order valence-electron chi connectivity index (χ0n) is 19.2. The average molecular weight is 496 g/mol. The number of hydrogen-bond acceptors (Lipinski definition) is 7. The number of nitrogens with one attached hydrogen (secondary N) is 3. The van der Waals surface area contributed by atoms with E-state index in [4.69, 9.17) is 15.9 Å². The van der Waals surface area contributed by atoms with Crippen molar-refractivity contribution in [1.29, 1.82) is 5.41 Å². The number of rotatable bonds is 7. The van der Waals surface area contributed by atoms with Gasteiger partial charge in [0.15, 0.2) is 0 Å². The number of morpholine rings is 1. The number of hydrogen-bond donors (Lipinski definition) is 4. The highest BCUT2D eigenvalue weighted by Crippen LogP contribution is 2.18. The summed E-state index contributed by atoms with van der Waals surface area (Å²) in [6, 6.07) is 4.65. The number of halogens is 3. The van der Waals surface area contributed by atoms with Gasteiger partial charge in [0.2, 0.25) is 5.91 Å². The van der Waals surface area contributed by atoms with Crippen molar-refractivity contribution in [3.05, 3.63) is 47.7 Å². The van der Waals surface area contributed by atoms with Crippen molar-refractivity contribution in [2.24, 2.45) is 10.7 Å². The molecule has 190 valence electrons. The molecule has 0 aromatic heterocycles. The van der Waals surface area contributed by atoms with Crippen molar-refractivity contribution in [3.63, 3.8) is 0 Å². The molecule has 1 aliphatic heterocycles. The van der Waals surface area contributed by atoms with Crippen LogP contribution in [0.4, 0.5) is 13.2 Å². The predicted molar refractivity (Wildman–Crippen MR) is 122 cm³/mol. The predicted octanol–water partition coefficient (Wildman–Crippen LogP) is 0.969. The lowest BCUT2D eigenvalue weighted by molar-refractivity contribution is -0.171. The molecule has 1 aliphatic rings. The summed E-state index contributed by atoms with van der Waals surface area (Å²) in [5.74, 6) is -3.75. The normalized spacial score (nSPS) is 16.9. The van der Waals surface area contributed by atoms with Crippen molar-refractivity contribution in [2.45, 2.75) is 31.6 Å². The summed E-state index contributed by atoms with van der Waals surface area (Å²) in [5.41, 5.74) is 4.39. The smallest absolute Gasteiger partial charge is 0.405 e. The lowest BCUT2D eigenvalue weighted by atomic mass is 10.0. The van der Waals surface area contributed by atoms with Gasteiger partial charge >= 0.3 is 12.1 Å². The Bertz CT molecular complexity index is 1010. The standard InChI is InChI=1S/C22H27F3N6O4/c1-21(2,29-9-3-8-26)20(34)31-10-11-35-13-16(31)12-28-18(32)15-6-4-14(5-7-15)17(27)30-19(33)22(23,24)25/h3-9,16H,10-13,26H2,1-2H3,(H,28,32)(H2,27,30,33)/t16-/m0/s1. The number of carbonyl (C=O) groups excluding carboxylic acids is 3. The Kier molecular flexibility index (Phi) is 9.12. The zero-order chi connectivity index (χ0) is 26.2. The average Bonchev–Trinajstić information content (AvgIpc) is 2.81. The molecule has 0 bridgehead atoms. The van der Waals surface area contributed by atoms with E-state index in [2.05, 4.69) is 10.3 Å². The largest absolute Gasteiger partial charge is 0.471 e. The van der Waals surface area contributed by atoms with Crippen LogP contribution >= 0.6 is 0 Å². The first-order valence-corrected chi connectivity index (χ1v) is 10.5. The molecule has 1 atom stereocenters. The van der Waals surface area contributed by atoms with Gasteiger partial charge in [-0.3, -0.25) is 24.8 Å². The molecular formula is C22H27F3N6O4. The second-order valence-corrected chi connectivity index (χ2v) is 8.06. The van der Waals surface area contributed by atoms with E-state index in [1.54, 1.807) is 18.7 Å². The van der Waals surface area contributed by atoms with Crippen LogP contribution < -0.4 is 16.4 Å². The SMILES string of the molecule is CC(C)(N=CC=CN)C(=O)N1CCOC[C@@H]1CNC(=O)c1ccc(C(=N)NC(=O)C(F)(F)F)cc1. The summed E-state index contributed by atoms with van der Waals surface area (Å²) in [4.78, 5) is 42.4. The van der Waals surface area contributed by atoms with Crippen molar-refractivity contribution in [2.75, 3.05) is 26.3 Å². The summed E-state index contributed by atoms with van der Waals surface area (Å²) < 4.78 is 42.5. The van der Waals surface area contributed by atoms with Crippen LogP contribution in [-0.2, 0) is 14.3 Å². The Morgan fingerprint density at radius 3 is 2.46 bits per heavy atom. The molecule has 1 fully saturated rings. The molecule has 0 spiro atoms. The number of aliphatic imine (C=N–C) groups is 1. The summed E-state index contributed by atoms with van der Waals surface area (Å²) in [5, 5.41) is 11.7. The Balaban J connectivity index is 2.00. The van der Waals surface area contributed by atoms with Crippen molar-refractivity contribution in [1.82, 2.24) is 15.5 Å². The molecule has 0 unspecified atom stereocenters. The number of allylic oxidation sites excluding steroid dienone is 1. The topological polar surface area (TPSA) is 150 Å². The fourth-order valence-electron chi connectivity index (χ4n) is 3.13. The second-order valence-electron chi connectivity index (χ2n) is 8.06. The number of carbonyl (C=O) groups is 3. The zero-order valence-corrected chi connectivity index (χ0v) is 19.2. The van der Waals surface area contributed by atoms with Crippen LogP contribution in [0.15, 0.2) is 41.5 Å². The van der Waals surface area contributed by atoms with Crippen molar-refractivity contribution >= 4 is 29.8 Å². The van der Waals surface area contributed by atoms with Crippen molar-refractivity contribution < 1.29 is 32.3 Å².